The Morgan fingerprint density at radius 2 is 2.18 bits per heavy atom. The zero-order valence-electron chi connectivity index (χ0n) is 9.72. The first-order valence-electron chi connectivity index (χ1n) is 5.84. The molecule has 4 nitrogen and oxygen atoms in total. The van der Waals surface area contributed by atoms with Crippen LogP contribution in [0, 0.1) is 0 Å². The van der Waals surface area contributed by atoms with E-state index in [1.807, 2.05) is 30.3 Å². The number of benzene rings is 1. The smallest absolute Gasteiger partial charge is 0.222 e. The van der Waals surface area contributed by atoms with Crippen molar-refractivity contribution >= 4 is 5.91 Å². The molecule has 1 aromatic rings. The summed E-state index contributed by atoms with van der Waals surface area (Å²) in [5.74, 6) is 0.0285. The highest BCUT2D eigenvalue weighted by molar-refractivity contribution is 5.76. The van der Waals surface area contributed by atoms with E-state index in [-0.39, 0.29) is 12.0 Å². The van der Waals surface area contributed by atoms with Gasteiger partial charge in [0.2, 0.25) is 5.91 Å². The number of nitrogens with one attached hydrogen (secondary N) is 1. The van der Waals surface area contributed by atoms with E-state index in [1.165, 1.54) is 0 Å². The van der Waals surface area contributed by atoms with E-state index in [4.69, 9.17) is 9.47 Å². The number of ether oxygens (including phenoxy) is 2. The van der Waals surface area contributed by atoms with E-state index in [2.05, 4.69) is 5.32 Å². The van der Waals surface area contributed by atoms with Crippen LogP contribution in [0.3, 0.4) is 0 Å². The molecule has 0 radical (unpaired) electrons. The lowest BCUT2D eigenvalue weighted by atomic mass is 10.1. The van der Waals surface area contributed by atoms with Crippen molar-refractivity contribution in [3.05, 3.63) is 35.9 Å². The van der Waals surface area contributed by atoms with E-state index in [9.17, 15) is 4.79 Å². The van der Waals surface area contributed by atoms with Crippen LogP contribution in [0.5, 0.6) is 0 Å². The van der Waals surface area contributed by atoms with Gasteiger partial charge in [-0.2, -0.15) is 0 Å². The highest BCUT2D eigenvalue weighted by Gasteiger charge is 2.17. The molecule has 1 aromatic carbocycles. The molecule has 1 N–H and O–H groups in total. The first-order valence-corrected chi connectivity index (χ1v) is 5.84. The van der Waals surface area contributed by atoms with Crippen molar-refractivity contribution in [2.45, 2.75) is 25.5 Å². The molecule has 1 heterocycles. The number of carbonyl (C=O) groups excluding carboxylic acids is 1. The zero-order chi connectivity index (χ0) is 11.9. The second-order valence-corrected chi connectivity index (χ2v) is 4.07. The van der Waals surface area contributed by atoms with Crippen LogP contribution < -0.4 is 5.32 Å². The number of hydrogen-bond donors (Lipinski definition) is 1. The van der Waals surface area contributed by atoms with Gasteiger partial charge in [0.25, 0.3) is 0 Å². The number of hydrogen-bond acceptors (Lipinski definition) is 3. The second kappa shape index (κ2) is 6.37. The zero-order valence-corrected chi connectivity index (χ0v) is 9.72. The average Bonchev–Trinajstić information content (AvgIpc) is 2.39. The first-order chi connectivity index (χ1) is 8.34. The van der Waals surface area contributed by atoms with E-state index >= 15 is 0 Å². The largest absolute Gasteiger partial charge is 0.355 e. The van der Waals surface area contributed by atoms with Crippen molar-refractivity contribution in [3.8, 4) is 0 Å². The molecule has 4 heteroatoms. The summed E-state index contributed by atoms with van der Waals surface area (Å²) in [6.45, 7) is 1.55. The molecule has 92 valence electrons. The summed E-state index contributed by atoms with van der Waals surface area (Å²) < 4.78 is 10.4. The van der Waals surface area contributed by atoms with Crippen LogP contribution in [-0.2, 0) is 20.8 Å². The second-order valence-electron chi connectivity index (χ2n) is 4.07. The Labute approximate surface area is 101 Å². The van der Waals surface area contributed by atoms with Gasteiger partial charge in [0.05, 0.1) is 19.1 Å². The van der Waals surface area contributed by atoms with Crippen LogP contribution in [-0.4, -0.2) is 25.4 Å². The first kappa shape index (κ1) is 12.1. The van der Waals surface area contributed by atoms with Crippen LogP contribution in [0.15, 0.2) is 30.3 Å². The molecule has 0 spiro atoms. The fourth-order valence-corrected chi connectivity index (χ4v) is 1.74. The average molecular weight is 235 g/mol. The highest BCUT2D eigenvalue weighted by Crippen LogP contribution is 2.09. The lowest BCUT2D eigenvalue weighted by Gasteiger charge is -2.22. The van der Waals surface area contributed by atoms with Crippen molar-refractivity contribution in [3.63, 3.8) is 0 Å². The van der Waals surface area contributed by atoms with Crippen LogP contribution in [0.2, 0.25) is 0 Å². The van der Waals surface area contributed by atoms with Crippen LogP contribution in [0.4, 0.5) is 0 Å². The Hall–Kier alpha value is -1.39. The van der Waals surface area contributed by atoms with Gasteiger partial charge in [0, 0.05) is 6.54 Å². The molecule has 1 saturated heterocycles. The van der Waals surface area contributed by atoms with Gasteiger partial charge in [-0.25, -0.2) is 0 Å². The van der Waals surface area contributed by atoms with Gasteiger partial charge in [-0.3, -0.25) is 4.79 Å². The molecule has 1 aliphatic heterocycles. The molecule has 0 bridgehead atoms. The van der Waals surface area contributed by atoms with Gasteiger partial charge in [-0.1, -0.05) is 30.3 Å². The van der Waals surface area contributed by atoms with Crippen molar-refractivity contribution in [1.29, 1.82) is 0 Å². The minimum absolute atomic E-state index is 0.000441. The van der Waals surface area contributed by atoms with Gasteiger partial charge in [0.15, 0.2) is 0 Å². The third kappa shape index (κ3) is 4.17. The molecule has 0 saturated carbocycles. The van der Waals surface area contributed by atoms with Crippen molar-refractivity contribution in [2.75, 3.05) is 13.4 Å². The van der Waals surface area contributed by atoms with Crippen molar-refractivity contribution in [2.24, 2.45) is 0 Å². The summed E-state index contributed by atoms with van der Waals surface area (Å²) in [7, 11) is 0. The molecule has 1 fully saturated rings. The maximum Gasteiger partial charge on any atom is 0.222 e. The van der Waals surface area contributed by atoms with Crippen molar-refractivity contribution < 1.29 is 14.3 Å². The lowest BCUT2D eigenvalue weighted by Crippen LogP contribution is -2.31. The summed E-state index contributed by atoms with van der Waals surface area (Å²) in [6, 6.07) is 9.86. The summed E-state index contributed by atoms with van der Waals surface area (Å²) >= 11 is 0. The maximum absolute atomic E-state index is 11.7. The van der Waals surface area contributed by atoms with Gasteiger partial charge < -0.3 is 14.8 Å². The Morgan fingerprint density at radius 3 is 2.88 bits per heavy atom. The minimum Gasteiger partial charge on any atom is -0.355 e. The molecule has 2 rings (SSSR count). The van der Waals surface area contributed by atoms with Gasteiger partial charge >= 0.3 is 0 Å². The Balaban J connectivity index is 1.70. The molecule has 1 unspecified atom stereocenters. The van der Waals surface area contributed by atoms with E-state index < -0.39 is 0 Å². The van der Waals surface area contributed by atoms with E-state index in [0.29, 0.717) is 26.4 Å². The predicted molar refractivity (Wildman–Crippen MR) is 63.2 cm³/mol. The summed E-state index contributed by atoms with van der Waals surface area (Å²) in [6.07, 6.45) is 1.20. The van der Waals surface area contributed by atoms with Gasteiger partial charge in [0.1, 0.15) is 6.79 Å². The topological polar surface area (TPSA) is 47.6 Å². The third-order valence-electron chi connectivity index (χ3n) is 2.72. The minimum atomic E-state index is -0.000441. The normalized spacial score (nSPS) is 19.9. The fraction of sp³-hybridized carbons (Fsp3) is 0.462. The van der Waals surface area contributed by atoms with Crippen LogP contribution in [0.1, 0.15) is 18.4 Å². The summed E-state index contributed by atoms with van der Waals surface area (Å²) in [5, 5.41) is 2.89. The monoisotopic (exact) mass is 235 g/mol. The van der Waals surface area contributed by atoms with E-state index in [0.717, 1.165) is 12.0 Å². The Morgan fingerprint density at radius 1 is 1.35 bits per heavy atom. The van der Waals surface area contributed by atoms with Gasteiger partial charge in [-0.05, 0) is 12.0 Å². The molecule has 1 aliphatic rings. The molecule has 0 aromatic heterocycles. The van der Waals surface area contributed by atoms with Crippen LogP contribution >= 0.6 is 0 Å². The van der Waals surface area contributed by atoms with Crippen LogP contribution in [0.25, 0.3) is 0 Å². The third-order valence-corrected chi connectivity index (χ3v) is 2.72. The number of carbonyl (C=O) groups is 1. The quantitative estimate of drug-likeness (QED) is 0.859. The summed E-state index contributed by atoms with van der Waals surface area (Å²) in [5.41, 5.74) is 1.11. The number of rotatable bonds is 4. The Bertz CT molecular complexity index is 347. The highest BCUT2D eigenvalue weighted by atomic mass is 16.7. The number of amides is 1. The molecule has 1 atom stereocenters. The maximum atomic E-state index is 11.7. The van der Waals surface area contributed by atoms with Gasteiger partial charge in [-0.15, -0.1) is 0 Å². The SMILES string of the molecule is O=C(CC1CCOCO1)NCc1ccccc1. The molecule has 1 amide bonds. The Kier molecular flexibility index (Phi) is 4.53. The predicted octanol–water partition coefficient (Wildman–Crippen LogP) is 1.46. The standard InChI is InChI=1S/C13H17NO3/c15-13(8-12-6-7-16-10-17-12)14-9-11-4-2-1-3-5-11/h1-5,12H,6-10H2,(H,14,15). The summed E-state index contributed by atoms with van der Waals surface area (Å²) in [4.78, 5) is 11.7. The molecular formula is C13H17NO3. The molecule has 0 aliphatic carbocycles. The molecular weight excluding hydrogens is 218 g/mol. The fourth-order valence-electron chi connectivity index (χ4n) is 1.74. The van der Waals surface area contributed by atoms with E-state index in [1.54, 1.807) is 0 Å². The molecule has 17 heavy (non-hydrogen) atoms. The van der Waals surface area contributed by atoms with Crippen molar-refractivity contribution in [1.82, 2.24) is 5.32 Å². The lowest BCUT2D eigenvalue weighted by molar-refractivity contribution is -0.149.